The van der Waals surface area contributed by atoms with Crippen molar-refractivity contribution in [2.24, 2.45) is 5.92 Å². The molecule has 1 saturated carbocycles. The molecule has 1 aliphatic rings. The van der Waals surface area contributed by atoms with Crippen LogP contribution in [0.1, 0.15) is 19.3 Å². The molecule has 128 valence electrons. The van der Waals surface area contributed by atoms with Gasteiger partial charge in [0.1, 0.15) is 5.54 Å². The average Bonchev–Trinajstić information content (AvgIpc) is 2.93. The molecule has 2 rings (SSSR count). The Morgan fingerprint density at radius 1 is 1.21 bits per heavy atom. The van der Waals surface area contributed by atoms with Gasteiger partial charge in [-0.3, -0.25) is 14.9 Å². The third kappa shape index (κ3) is 3.59. The number of carbonyl (C=O) groups excluding carboxylic acids is 1. The summed E-state index contributed by atoms with van der Waals surface area (Å²) in [6.45, 7) is 0. The summed E-state index contributed by atoms with van der Waals surface area (Å²) < 4.78 is 0. The quantitative estimate of drug-likeness (QED) is 0.467. The Morgan fingerprint density at radius 2 is 1.83 bits per heavy atom. The second kappa shape index (κ2) is 6.52. The SMILES string of the molecule is O=C(Nc1ccc([N+](=O)[O-])cc1)N[C@@]1(C(=O)O)CC[C@@H](C(=O)O)C1. The largest absolute Gasteiger partial charge is 0.481 e. The summed E-state index contributed by atoms with van der Waals surface area (Å²) in [5.41, 5.74) is -1.55. The lowest BCUT2D eigenvalue weighted by Gasteiger charge is -2.25. The number of aliphatic carboxylic acids is 2. The van der Waals surface area contributed by atoms with Crippen LogP contribution in [0.5, 0.6) is 0 Å². The topological polar surface area (TPSA) is 159 Å². The number of nitro benzene ring substituents is 1. The van der Waals surface area contributed by atoms with Gasteiger partial charge in [0.05, 0.1) is 10.8 Å². The molecule has 10 nitrogen and oxygen atoms in total. The monoisotopic (exact) mass is 337 g/mol. The fourth-order valence-corrected chi connectivity index (χ4v) is 2.66. The third-order valence-electron chi connectivity index (χ3n) is 3.96. The number of anilines is 1. The van der Waals surface area contributed by atoms with Crippen LogP contribution in [0.15, 0.2) is 24.3 Å². The third-order valence-corrected chi connectivity index (χ3v) is 3.96. The lowest BCUT2D eigenvalue weighted by Crippen LogP contribution is -2.54. The van der Waals surface area contributed by atoms with Gasteiger partial charge in [-0.25, -0.2) is 9.59 Å². The molecule has 0 unspecified atom stereocenters. The molecular weight excluding hydrogens is 322 g/mol. The Hall–Kier alpha value is -3.17. The first-order valence-corrected chi connectivity index (χ1v) is 7.03. The van der Waals surface area contributed by atoms with Crippen LogP contribution in [0.3, 0.4) is 0 Å². The number of nitrogens with one attached hydrogen (secondary N) is 2. The van der Waals surface area contributed by atoms with Crippen LogP contribution in [0, 0.1) is 16.0 Å². The van der Waals surface area contributed by atoms with Gasteiger partial charge in [-0.2, -0.15) is 0 Å². The number of carboxylic acids is 2. The molecule has 0 radical (unpaired) electrons. The molecule has 4 N–H and O–H groups in total. The molecular formula is C14H15N3O7. The fourth-order valence-electron chi connectivity index (χ4n) is 2.66. The molecule has 0 aliphatic heterocycles. The summed E-state index contributed by atoms with van der Waals surface area (Å²) in [5, 5.41) is 33.6. The van der Waals surface area contributed by atoms with E-state index in [1.54, 1.807) is 0 Å². The number of nitro groups is 1. The summed E-state index contributed by atoms with van der Waals surface area (Å²) in [4.78, 5) is 44.5. The van der Waals surface area contributed by atoms with E-state index in [1.165, 1.54) is 24.3 Å². The van der Waals surface area contributed by atoms with Gasteiger partial charge in [0.25, 0.3) is 5.69 Å². The molecule has 0 saturated heterocycles. The Labute approximate surface area is 135 Å². The highest BCUT2D eigenvalue weighted by atomic mass is 16.6. The van der Waals surface area contributed by atoms with Gasteiger partial charge in [0.2, 0.25) is 0 Å². The highest BCUT2D eigenvalue weighted by molar-refractivity contribution is 5.94. The smallest absolute Gasteiger partial charge is 0.329 e. The van der Waals surface area contributed by atoms with Gasteiger partial charge in [-0.15, -0.1) is 0 Å². The van der Waals surface area contributed by atoms with Gasteiger partial charge in [-0.05, 0) is 31.4 Å². The Balaban J connectivity index is 2.05. The number of hydrogen-bond donors (Lipinski definition) is 4. The predicted octanol–water partition coefficient (Wildman–Crippen LogP) is 1.42. The van der Waals surface area contributed by atoms with Crippen LogP contribution in [0.4, 0.5) is 16.2 Å². The number of carbonyl (C=O) groups is 3. The highest BCUT2D eigenvalue weighted by Crippen LogP contribution is 2.35. The highest BCUT2D eigenvalue weighted by Gasteiger charge is 2.48. The predicted molar refractivity (Wildman–Crippen MR) is 80.6 cm³/mol. The fraction of sp³-hybridized carbons (Fsp3) is 0.357. The van der Waals surface area contributed by atoms with Gasteiger partial charge in [-0.1, -0.05) is 0 Å². The molecule has 1 fully saturated rings. The van der Waals surface area contributed by atoms with E-state index in [0.29, 0.717) is 0 Å². The van der Waals surface area contributed by atoms with Crippen molar-refractivity contribution in [1.82, 2.24) is 5.32 Å². The standard InChI is InChI=1S/C14H15N3O7/c18-11(19)8-5-6-14(7-8,12(20)21)16-13(22)15-9-1-3-10(4-2-9)17(23)24/h1-4,8H,5-7H2,(H,18,19)(H,20,21)(H2,15,16,22)/t8-,14+/m1/s1. The van der Waals surface area contributed by atoms with E-state index < -0.39 is 34.3 Å². The second-order valence-corrected chi connectivity index (χ2v) is 5.55. The van der Waals surface area contributed by atoms with Crippen LogP contribution in [-0.4, -0.2) is 38.6 Å². The number of benzene rings is 1. The van der Waals surface area contributed by atoms with Gasteiger partial charge < -0.3 is 20.8 Å². The van der Waals surface area contributed by atoms with Crippen molar-refractivity contribution in [3.8, 4) is 0 Å². The van der Waals surface area contributed by atoms with Crippen molar-refractivity contribution < 1.29 is 29.5 Å². The minimum atomic E-state index is -1.64. The molecule has 2 amide bonds. The summed E-state index contributed by atoms with van der Waals surface area (Å²) in [5.74, 6) is -3.23. The molecule has 1 aliphatic carbocycles. The lowest BCUT2D eigenvalue weighted by molar-refractivity contribution is -0.384. The number of non-ortho nitro benzene ring substituents is 1. The minimum Gasteiger partial charge on any atom is -0.481 e. The number of urea groups is 1. The maximum atomic E-state index is 12.0. The average molecular weight is 337 g/mol. The van der Waals surface area contributed by atoms with E-state index in [9.17, 15) is 29.6 Å². The van der Waals surface area contributed by atoms with Crippen LogP contribution < -0.4 is 10.6 Å². The summed E-state index contributed by atoms with van der Waals surface area (Å²) in [6, 6.07) is 4.17. The van der Waals surface area contributed by atoms with Crippen molar-refractivity contribution >= 4 is 29.3 Å². The van der Waals surface area contributed by atoms with E-state index >= 15 is 0 Å². The number of carboxylic acid groups (broad SMARTS) is 2. The molecule has 1 aromatic rings. The zero-order chi connectivity index (χ0) is 17.9. The molecule has 1 aromatic carbocycles. The Kier molecular flexibility index (Phi) is 4.67. The van der Waals surface area contributed by atoms with E-state index in [0.717, 1.165) is 0 Å². The molecule has 0 bridgehead atoms. The molecule has 0 heterocycles. The number of amides is 2. The van der Waals surface area contributed by atoms with Crippen molar-refractivity contribution in [3.05, 3.63) is 34.4 Å². The molecule has 2 atom stereocenters. The Morgan fingerprint density at radius 3 is 2.29 bits per heavy atom. The van der Waals surface area contributed by atoms with Crippen molar-refractivity contribution in [1.29, 1.82) is 0 Å². The zero-order valence-electron chi connectivity index (χ0n) is 12.4. The van der Waals surface area contributed by atoms with Gasteiger partial charge in [0, 0.05) is 17.8 Å². The van der Waals surface area contributed by atoms with E-state index in [4.69, 9.17) is 5.11 Å². The number of hydrogen-bond acceptors (Lipinski definition) is 5. The molecule has 0 aromatic heterocycles. The van der Waals surface area contributed by atoms with E-state index in [1.807, 2.05) is 0 Å². The van der Waals surface area contributed by atoms with E-state index in [2.05, 4.69) is 10.6 Å². The van der Waals surface area contributed by atoms with Crippen molar-refractivity contribution in [3.63, 3.8) is 0 Å². The molecule has 10 heteroatoms. The van der Waals surface area contributed by atoms with Crippen LogP contribution in [0.25, 0.3) is 0 Å². The molecule has 0 spiro atoms. The zero-order valence-corrected chi connectivity index (χ0v) is 12.4. The van der Waals surface area contributed by atoms with Crippen LogP contribution >= 0.6 is 0 Å². The Bertz CT molecular complexity index is 688. The first kappa shape index (κ1) is 17.2. The van der Waals surface area contributed by atoms with Gasteiger partial charge >= 0.3 is 18.0 Å². The van der Waals surface area contributed by atoms with Crippen LogP contribution in [-0.2, 0) is 9.59 Å². The van der Waals surface area contributed by atoms with Gasteiger partial charge in [0.15, 0.2) is 0 Å². The summed E-state index contributed by atoms with van der Waals surface area (Å²) >= 11 is 0. The molecule has 24 heavy (non-hydrogen) atoms. The first-order valence-electron chi connectivity index (χ1n) is 7.03. The maximum absolute atomic E-state index is 12.0. The number of rotatable bonds is 5. The van der Waals surface area contributed by atoms with Crippen LogP contribution in [0.2, 0.25) is 0 Å². The second-order valence-electron chi connectivity index (χ2n) is 5.55. The maximum Gasteiger partial charge on any atom is 0.329 e. The first-order chi connectivity index (χ1) is 11.2. The van der Waals surface area contributed by atoms with Crippen molar-refractivity contribution in [2.75, 3.05) is 5.32 Å². The normalized spacial score (nSPS) is 22.6. The lowest BCUT2D eigenvalue weighted by atomic mass is 9.96. The van der Waals surface area contributed by atoms with E-state index in [-0.39, 0.29) is 30.6 Å². The summed E-state index contributed by atoms with van der Waals surface area (Å²) in [6.07, 6.45) is -0.0439. The number of nitrogens with zero attached hydrogens (tertiary/aromatic N) is 1. The van der Waals surface area contributed by atoms with Crippen molar-refractivity contribution in [2.45, 2.75) is 24.8 Å². The summed E-state index contributed by atoms with van der Waals surface area (Å²) in [7, 11) is 0. The minimum absolute atomic E-state index is 0.00693.